The highest BCUT2D eigenvalue weighted by atomic mass is 16.7. The van der Waals surface area contributed by atoms with Crippen molar-refractivity contribution >= 4 is 5.97 Å². The highest BCUT2D eigenvalue weighted by Gasteiger charge is 2.44. The minimum Gasteiger partial charge on any atom is -0.457 e. The lowest BCUT2D eigenvalue weighted by Gasteiger charge is -2.39. The Kier molecular flexibility index (Phi) is 47.1. The molecule has 6 unspecified atom stereocenters. The van der Waals surface area contributed by atoms with E-state index in [4.69, 9.17) is 18.9 Å². The first kappa shape index (κ1) is 63.2. The lowest BCUT2D eigenvalue weighted by atomic mass is 9.99. The number of unbranched alkanes of at least 4 members (excludes halogenated alkanes) is 41. The molecule has 1 heterocycles. The summed E-state index contributed by atoms with van der Waals surface area (Å²) in [7, 11) is 0. The van der Waals surface area contributed by atoms with Crippen molar-refractivity contribution in [2.75, 3.05) is 26.4 Å². The maximum Gasteiger partial charge on any atom is 0.306 e. The molecule has 0 saturated carbocycles. The van der Waals surface area contributed by atoms with Gasteiger partial charge in [0.2, 0.25) is 0 Å². The van der Waals surface area contributed by atoms with Crippen molar-refractivity contribution < 1.29 is 44.2 Å². The van der Waals surface area contributed by atoms with Crippen LogP contribution in [0.4, 0.5) is 0 Å². The van der Waals surface area contributed by atoms with Crippen molar-refractivity contribution in [1.82, 2.24) is 0 Å². The molecule has 0 aromatic carbocycles. The summed E-state index contributed by atoms with van der Waals surface area (Å²) in [5.41, 5.74) is 0. The molecule has 0 amide bonds. The number of esters is 1. The fourth-order valence-corrected chi connectivity index (χ4v) is 9.50. The predicted molar refractivity (Wildman–Crippen MR) is 275 cm³/mol. The largest absolute Gasteiger partial charge is 0.457 e. The molecule has 1 aliphatic heterocycles. The number of carbonyl (C=O) groups excluding carboxylic acids is 1. The second kappa shape index (κ2) is 49.2. The van der Waals surface area contributed by atoms with Crippen LogP contribution in [0.5, 0.6) is 0 Å². The molecule has 9 heteroatoms. The zero-order chi connectivity index (χ0) is 47.8. The van der Waals surface area contributed by atoms with Crippen LogP contribution in [0.2, 0.25) is 0 Å². The van der Waals surface area contributed by atoms with E-state index in [1.165, 1.54) is 244 Å². The summed E-state index contributed by atoms with van der Waals surface area (Å²) in [6, 6.07) is 0. The summed E-state index contributed by atoms with van der Waals surface area (Å²) >= 11 is 0. The van der Waals surface area contributed by atoms with Gasteiger partial charge in [0.25, 0.3) is 0 Å². The minimum atomic E-state index is -1.53. The van der Waals surface area contributed by atoms with Gasteiger partial charge in [-0.3, -0.25) is 4.79 Å². The van der Waals surface area contributed by atoms with Crippen molar-refractivity contribution in [3.05, 3.63) is 0 Å². The molecule has 0 aliphatic carbocycles. The van der Waals surface area contributed by atoms with Gasteiger partial charge >= 0.3 is 5.97 Å². The number of hydrogen-bond donors (Lipinski definition) is 4. The molecular weight excluding hydrogens is 829 g/mol. The maximum absolute atomic E-state index is 12.9. The first-order valence-electron chi connectivity index (χ1n) is 29.1. The first-order chi connectivity index (χ1) is 32.4. The monoisotopic (exact) mass is 941 g/mol. The van der Waals surface area contributed by atoms with Gasteiger partial charge in [0.1, 0.15) is 30.5 Å². The summed E-state index contributed by atoms with van der Waals surface area (Å²) in [5, 5.41) is 40.3. The zero-order valence-corrected chi connectivity index (χ0v) is 43.7. The number of rotatable bonds is 52. The minimum absolute atomic E-state index is 0.104. The van der Waals surface area contributed by atoms with Crippen LogP contribution in [0.1, 0.15) is 296 Å². The normalized spacial score (nSPS) is 19.2. The van der Waals surface area contributed by atoms with Crippen molar-refractivity contribution in [3.63, 3.8) is 0 Å². The van der Waals surface area contributed by atoms with E-state index in [0.29, 0.717) is 13.0 Å². The van der Waals surface area contributed by atoms with Gasteiger partial charge < -0.3 is 39.4 Å². The summed E-state index contributed by atoms with van der Waals surface area (Å²) in [5.74, 6) is -0.303. The number of aliphatic hydroxyl groups is 4. The molecule has 0 aromatic rings. The predicted octanol–water partition coefficient (Wildman–Crippen LogP) is 14.9. The van der Waals surface area contributed by atoms with Gasteiger partial charge in [-0.2, -0.15) is 0 Å². The van der Waals surface area contributed by atoms with E-state index in [1.54, 1.807) is 0 Å². The van der Waals surface area contributed by atoms with Crippen LogP contribution < -0.4 is 0 Å². The average molecular weight is 942 g/mol. The molecule has 0 radical (unpaired) electrons. The molecule has 4 N–H and O–H groups in total. The molecular formula is C57H112O9. The van der Waals surface area contributed by atoms with Gasteiger partial charge in [0.15, 0.2) is 6.29 Å². The summed E-state index contributed by atoms with van der Waals surface area (Å²) in [6.45, 7) is 4.65. The third-order valence-electron chi connectivity index (χ3n) is 14.0. The molecule has 9 nitrogen and oxygen atoms in total. The summed E-state index contributed by atoms with van der Waals surface area (Å²) < 4.78 is 23.0. The molecule has 66 heavy (non-hydrogen) atoms. The quantitative estimate of drug-likeness (QED) is 0.0347. The van der Waals surface area contributed by atoms with Gasteiger partial charge in [-0.15, -0.1) is 0 Å². The van der Waals surface area contributed by atoms with E-state index in [2.05, 4.69) is 13.8 Å². The van der Waals surface area contributed by atoms with Crippen LogP contribution in [-0.2, 0) is 23.7 Å². The number of hydrogen-bond acceptors (Lipinski definition) is 9. The Bertz CT molecular complexity index is 982. The standard InChI is InChI=1S/C57H112O9/c1-3-5-7-9-11-13-15-17-19-21-23-24-25-26-27-28-29-30-32-34-36-38-40-42-44-46-53(59)65-51(50-64-57-56(62)55(61)54(60)52(48-58)66-57)49-63-47-45-43-41-39-37-35-33-31-22-20-18-16-14-12-10-8-6-4-2/h51-52,54-58,60-62H,3-50H2,1-2H3. The van der Waals surface area contributed by atoms with E-state index >= 15 is 0 Å². The van der Waals surface area contributed by atoms with Crippen molar-refractivity contribution in [1.29, 1.82) is 0 Å². The van der Waals surface area contributed by atoms with Crippen molar-refractivity contribution in [2.24, 2.45) is 0 Å². The fraction of sp³-hybridized carbons (Fsp3) is 0.982. The third kappa shape index (κ3) is 39.0. The van der Waals surface area contributed by atoms with Gasteiger partial charge in [0, 0.05) is 13.0 Å². The molecule has 1 fully saturated rings. The van der Waals surface area contributed by atoms with Gasteiger partial charge in [-0.1, -0.05) is 277 Å². The number of ether oxygens (including phenoxy) is 4. The van der Waals surface area contributed by atoms with Crippen LogP contribution in [0.25, 0.3) is 0 Å². The van der Waals surface area contributed by atoms with E-state index < -0.39 is 43.4 Å². The van der Waals surface area contributed by atoms with Crippen LogP contribution in [-0.4, -0.2) is 89.6 Å². The lowest BCUT2D eigenvalue weighted by Crippen LogP contribution is -2.59. The zero-order valence-electron chi connectivity index (χ0n) is 43.7. The highest BCUT2D eigenvalue weighted by Crippen LogP contribution is 2.23. The van der Waals surface area contributed by atoms with Crippen molar-refractivity contribution in [3.8, 4) is 0 Å². The Hall–Kier alpha value is -0.810. The Morgan fingerprint density at radius 1 is 0.424 bits per heavy atom. The van der Waals surface area contributed by atoms with Gasteiger partial charge in [0.05, 0.1) is 19.8 Å². The Balaban J connectivity index is 2.11. The van der Waals surface area contributed by atoms with Gasteiger partial charge in [-0.25, -0.2) is 0 Å². The van der Waals surface area contributed by atoms with Crippen LogP contribution >= 0.6 is 0 Å². The third-order valence-corrected chi connectivity index (χ3v) is 14.0. The Morgan fingerprint density at radius 3 is 1.08 bits per heavy atom. The molecule has 1 saturated heterocycles. The topological polar surface area (TPSA) is 135 Å². The second-order valence-corrected chi connectivity index (χ2v) is 20.5. The van der Waals surface area contributed by atoms with E-state index in [9.17, 15) is 25.2 Å². The fourth-order valence-electron chi connectivity index (χ4n) is 9.50. The molecule has 0 bridgehead atoms. The highest BCUT2D eigenvalue weighted by molar-refractivity contribution is 5.69. The molecule has 0 spiro atoms. The Morgan fingerprint density at radius 2 is 0.742 bits per heavy atom. The lowest BCUT2D eigenvalue weighted by molar-refractivity contribution is -0.305. The molecule has 1 aliphatic rings. The Labute approximate surface area is 408 Å². The smallest absolute Gasteiger partial charge is 0.306 e. The molecule has 0 aromatic heterocycles. The van der Waals surface area contributed by atoms with Crippen molar-refractivity contribution in [2.45, 2.75) is 333 Å². The van der Waals surface area contributed by atoms with E-state index in [1.807, 2.05) is 0 Å². The first-order valence-corrected chi connectivity index (χ1v) is 29.1. The summed E-state index contributed by atoms with van der Waals surface area (Å²) in [4.78, 5) is 12.9. The van der Waals surface area contributed by atoms with Crippen LogP contribution in [0.15, 0.2) is 0 Å². The van der Waals surface area contributed by atoms with Gasteiger partial charge in [-0.05, 0) is 12.8 Å². The molecule has 6 atom stereocenters. The average Bonchev–Trinajstić information content (AvgIpc) is 3.32. The maximum atomic E-state index is 12.9. The second-order valence-electron chi connectivity index (χ2n) is 20.5. The summed E-state index contributed by atoms with van der Waals surface area (Å²) in [6.07, 6.45) is 50.1. The SMILES string of the molecule is CCCCCCCCCCCCCCCCCCCCCCCCCCCC(=O)OC(COCCCCCCCCCCCCCCCCCCCC)COC1OC(CO)C(O)C(O)C1O. The van der Waals surface area contributed by atoms with Crippen LogP contribution in [0, 0.1) is 0 Å². The molecule has 1 rings (SSSR count). The van der Waals surface area contributed by atoms with Crippen LogP contribution in [0.3, 0.4) is 0 Å². The molecule has 394 valence electrons. The number of carbonyl (C=O) groups is 1. The van der Waals surface area contributed by atoms with E-state index in [-0.39, 0.29) is 19.2 Å². The van der Waals surface area contributed by atoms with E-state index in [0.717, 1.165) is 32.1 Å². The number of aliphatic hydroxyl groups excluding tert-OH is 4.